The number of carbonyl (C=O) groups excluding carboxylic acids is 2. The highest BCUT2D eigenvalue weighted by molar-refractivity contribution is 5.90. The fourth-order valence-electron chi connectivity index (χ4n) is 9.78. The molecule has 0 aliphatic carbocycles. The topological polar surface area (TPSA) is 207 Å². The SMILES string of the molecule is CC.CCc1c2c(nc3ccc(O)cc13)-c1cc3c(c(=O)n1C2)COC(=O)C3OC(=O)CN1CCC(CCn2ccc3cc(-n4c(-c5cc(C(C)C)c(O)cc5O)n[nH]c4=O)ccc32)CC1. The van der Waals surface area contributed by atoms with Crippen molar-refractivity contribution in [3.63, 3.8) is 0 Å². The average Bonchev–Trinajstić information content (AvgIpc) is 4.01. The number of hydrogen-bond acceptors (Lipinski definition) is 12. The molecule has 16 heteroatoms. The summed E-state index contributed by atoms with van der Waals surface area (Å²) in [5, 5.41) is 39.8. The zero-order chi connectivity index (χ0) is 46.6. The summed E-state index contributed by atoms with van der Waals surface area (Å²) in [6.07, 6.45) is 4.00. The molecule has 3 aliphatic rings. The van der Waals surface area contributed by atoms with Gasteiger partial charge < -0.3 is 33.9 Å². The second kappa shape index (κ2) is 17.6. The minimum absolute atomic E-state index is 0.00384. The summed E-state index contributed by atoms with van der Waals surface area (Å²) in [7, 11) is 0. The molecule has 3 aromatic carbocycles. The Morgan fingerprint density at radius 3 is 2.50 bits per heavy atom. The molecule has 10 rings (SSSR count). The molecule has 1 atom stereocenters. The van der Waals surface area contributed by atoms with Crippen LogP contribution in [0.1, 0.15) is 93.7 Å². The average molecular weight is 896 g/mol. The molecule has 3 aliphatic heterocycles. The molecule has 7 heterocycles. The number of piperidine rings is 1. The highest BCUT2D eigenvalue weighted by Gasteiger charge is 2.38. The summed E-state index contributed by atoms with van der Waals surface area (Å²) in [4.78, 5) is 60.4. The minimum Gasteiger partial charge on any atom is -0.508 e. The fourth-order valence-corrected chi connectivity index (χ4v) is 9.78. The second-order valence-electron chi connectivity index (χ2n) is 17.3. The standard InChI is InChI=1S/C48H47N7O9.C2H6/c1-4-30-32-18-29(56)6-7-37(32)49-43-35(30)22-54-39(43)20-33-36(46(54)60)24-63-47(61)44(33)64-42(59)23-52-13-9-26(10-14-52)11-15-53-16-12-27-17-28(5-8-38(27)53)55-45(50-51-48(55)62)34-19-31(25(2)3)40(57)21-41(34)58;1-2/h5-8,12,16-21,25-26,44,56-58H,4,9-11,13-15,22-24H2,1-3H3,(H,51,62);1-2H3. The number of carbonyl (C=O) groups is 2. The number of aromatic amines is 1. The normalized spacial score (nSPS) is 15.9. The van der Waals surface area contributed by atoms with Crippen molar-refractivity contribution in [3.05, 3.63) is 116 Å². The van der Waals surface area contributed by atoms with Crippen LogP contribution < -0.4 is 11.2 Å². The lowest BCUT2D eigenvalue weighted by molar-refractivity contribution is -0.172. The lowest BCUT2D eigenvalue weighted by Gasteiger charge is -2.32. The van der Waals surface area contributed by atoms with E-state index in [0.717, 1.165) is 53.2 Å². The maximum absolute atomic E-state index is 13.9. The Labute approximate surface area is 379 Å². The molecular formula is C50H53N7O9. The number of aryl methyl sites for hydroxylation is 2. The van der Waals surface area contributed by atoms with Gasteiger partial charge in [-0.25, -0.2) is 24.2 Å². The molecule has 7 aromatic rings. The quantitative estimate of drug-likeness (QED) is 0.101. The number of fused-ring (bicyclic) bond motifs is 6. The molecule has 342 valence electrons. The number of nitrogens with zero attached hydrogens (tertiary/aromatic N) is 6. The number of hydrogen-bond donors (Lipinski definition) is 4. The summed E-state index contributed by atoms with van der Waals surface area (Å²) < 4.78 is 16.4. The van der Waals surface area contributed by atoms with Crippen molar-refractivity contribution in [3.8, 4) is 45.7 Å². The summed E-state index contributed by atoms with van der Waals surface area (Å²) in [5.41, 5.74) is 6.10. The Balaban J connectivity index is 0.00000270. The van der Waals surface area contributed by atoms with E-state index in [4.69, 9.17) is 14.5 Å². The van der Waals surface area contributed by atoms with Crippen LogP contribution in [-0.2, 0) is 45.2 Å². The van der Waals surface area contributed by atoms with Gasteiger partial charge in [-0.1, -0.05) is 34.6 Å². The zero-order valence-corrected chi connectivity index (χ0v) is 37.6. The highest BCUT2D eigenvalue weighted by atomic mass is 16.6. The van der Waals surface area contributed by atoms with E-state index in [0.29, 0.717) is 71.3 Å². The van der Waals surface area contributed by atoms with Gasteiger partial charge in [0.05, 0.1) is 46.8 Å². The van der Waals surface area contributed by atoms with E-state index in [2.05, 4.69) is 14.8 Å². The smallest absolute Gasteiger partial charge is 0.352 e. The number of phenolic OH excluding ortho intramolecular Hbond substituents is 3. The molecule has 0 radical (unpaired) electrons. The van der Waals surface area contributed by atoms with E-state index in [1.807, 2.05) is 70.0 Å². The lowest BCUT2D eigenvalue weighted by atomic mass is 9.93. The van der Waals surface area contributed by atoms with E-state index >= 15 is 0 Å². The van der Waals surface area contributed by atoms with Crippen molar-refractivity contribution in [2.45, 2.75) is 92.0 Å². The van der Waals surface area contributed by atoms with Gasteiger partial charge in [0.25, 0.3) is 5.56 Å². The highest BCUT2D eigenvalue weighted by Crippen LogP contribution is 2.40. The van der Waals surface area contributed by atoms with Crippen LogP contribution in [0.3, 0.4) is 0 Å². The first kappa shape index (κ1) is 44.0. The first-order valence-corrected chi connectivity index (χ1v) is 22.7. The molecule has 4 aromatic heterocycles. The zero-order valence-electron chi connectivity index (χ0n) is 37.6. The van der Waals surface area contributed by atoms with E-state index in [9.17, 15) is 34.5 Å². The number of ether oxygens (including phenoxy) is 2. The largest absolute Gasteiger partial charge is 0.508 e. The Morgan fingerprint density at radius 1 is 0.955 bits per heavy atom. The molecule has 0 spiro atoms. The molecule has 66 heavy (non-hydrogen) atoms. The van der Waals surface area contributed by atoms with Crippen molar-refractivity contribution in [2.24, 2.45) is 5.92 Å². The summed E-state index contributed by atoms with van der Waals surface area (Å²) >= 11 is 0. The van der Waals surface area contributed by atoms with Crippen LogP contribution in [0.15, 0.2) is 76.4 Å². The van der Waals surface area contributed by atoms with Crippen LogP contribution in [0, 0.1) is 5.92 Å². The summed E-state index contributed by atoms with van der Waals surface area (Å²) in [6, 6.07) is 17.4. The fraction of sp³-hybridized carbons (Fsp3) is 0.360. The molecule has 16 nitrogen and oxygen atoms in total. The third-order valence-electron chi connectivity index (χ3n) is 13.2. The Morgan fingerprint density at radius 2 is 1.74 bits per heavy atom. The van der Waals surface area contributed by atoms with Crippen LogP contribution in [-0.4, -0.2) is 80.7 Å². The molecular weight excluding hydrogens is 843 g/mol. The van der Waals surface area contributed by atoms with E-state index < -0.39 is 23.7 Å². The van der Waals surface area contributed by atoms with Crippen molar-refractivity contribution < 1.29 is 34.4 Å². The van der Waals surface area contributed by atoms with Crippen molar-refractivity contribution in [2.75, 3.05) is 19.6 Å². The van der Waals surface area contributed by atoms with Gasteiger partial charge in [-0.05, 0) is 116 Å². The number of likely N-dealkylation sites (tertiary alicyclic amines) is 1. The summed E-state index contributed by atoms with van der Waals surface area (Å²) in [6.45, 7) is 12.1. The number of aromatic hydroxyl groups is 3. The van der Waals surface area contributed by atoms with Gasteiger partial charge in [0.2, 0.25) is 6.10 Å². The number of aromatic nitrogens is 6. The second-order valence-corrected chi connectivity index (χ2v) is 17.3. The Kier molecular flexibility index (Phi) is 11.8. The molecule has 1 saturated heterocycles. The number of benzene rings is 3. The van der Waals surface area contributed by atoms with Crippen LogP contribution in [0.2, 0.25) is 0 Å². The molecule has 4 N–H and O–H groups in total. The van der Waals surface area contributed by atoms with Crippen molar-refractivity contribution in [1.29, 1.82) is 0 Å². The third kappa shape index (κ3) is 7.78. The number of pyridine rings is 2. The maximum Gasteiger partial charge on any atom is 0.352 e. The van der Waals surface area contributed by atoms with E-state index in [-0.39, 0.29) is 53.3 Å². The Hall–Kier alpha value is -7.20. The lowest BCUT2D eigenvalue weighted by Crippen LogP contribution is -2.40. The number of rotatable bonds is 10. The number of H-pyrrole nitrogens is 1. The summed E-state index contributed by atoms with van der Waals surface area (Å²) in [5.74, 6) is -0.735. The molecule has 1 unspecified atom stereocenters. The van der Waals surface area contributed by atoms with Crippen LogP contribution in [0.5, 0.6) is 17.2 Å². The van der Waals surface area contributed by atoms with Crippen molar-refractivity contribution >= 4 is 33.7 Å². The number of phenols is 3. The van der Waals surface area contributed by atoms with Crippen LogP contribution in [0.4, 0.5) is 0 Å². The monoisotopic (exact) mass is 895 g/mol. The van der Waals surface area contributed by atoms with Gasteiger partial charge >= 0.3 is 17.6 Å². The van der Waals surface area contributed by atoms with Gasteiger partial charge in [0, 0.05) is 46.2 Å². The molecule has 0 saturated carbocycles. The predicted molar refractivity (Wildman–Crippen MR) is 248 cm³/mol. The first-order valence-electron chi connectivity index (χ1n) is 22.7. The van der Waals surface area contributed by atoms with Gasteiger partial charge in [0.1, 0.15) is 23.9 Å². The number of cyclic esters (lactones) is 1. The third-order valence-corrected chi connectivity index (χ3v) is 13.2. The van der Waals surface area contributed by atoms with Gasteiger partial charge in [-0.15, -0.1) is 0 Å². The molecule has 0 amide bonds. The maximum atomic E-state index is 13.9. The molecule has 1 fully saturated rings. The Bertz CT molecular complexity index is 3170. The van der Waals surface area contributed by atoms with Gasteiger partial charge in [0.15, 0.2) is 5.82 Å². The van der Waals surface area contributed by atoms with E-state index in [1.54, 1.807) is 34.9 Å². The van der Waals surface area contributed by atoms with Crippen molar-refractivity contribution in [1.82, 2.24) is 33.8 Å². The minimum atomic E-state index is -1.37. The predicted octanol–water partition coefficient (Wildman–Crippen LogP) is 7.19. The van der Waals surface area contributed by atoms with Crippen LogP contribution in [0.25, 0.3) is 50.3 Å². The number of nitrogens with one attached hydrogen (secondary N) is 1. The van der Waals surface area contributed by atoms with Gasteiger partial charge in [-0.2, -0.15) is 5.10 Å². The molecule has 0 bridgehead atoms. The van der Waals surface area contributed by atoms with E-state index in [1.165, 1.54) is 10.6 Å². The first-order chi connectivity index (χ1) is 31.9. The van der Waals surface area contributed by atoms with Gasteiger partial charge in [-0.3, -0.25) is 14.5 Å². The van der Waals surface area contributed by atoms with Crippen LogP contribution >= 0.6 is 0 Å². The number of esters is 2.